The van der Waals surface area contributed by atoms with Gasteiger partial charge >= 0.3 is 0 Å². The summed E-state index contributed by atoms with van der Waals surface area (Å²) in [7, 11) is 0. The molecule has 0 saturated heterocycles. The van der Waals surface area contributed by atoms with Gasteiger partial charge in [0, 0.05) is 6.04 Å². The molecule has 0 aliphatic heterocycles. The largest absolute Gasteiger partial charge is 0.507 e. The number of amides is 1. The smallest absolute Gasteiger partial charge is 0.258 e. The van der Waals surface area contributed by atoms with Crippen molar-refractivity contribution in [3.05, 3.63) is 29.6 Å². The van der Waals surface area contributed by atoms with Gasteiger partial charge in [-0.25, -0.2) is 4.39 Å². The number of carbonyl (C=O) groups is 1. The highest BCUT2D eigenvalue weighted by atomic mass is 19.1. The summed E-state index contributed by atoms with van der Waals surface area (Å²) >= 11 is 0. The fraction of sp³-hybridized carbons (Fsp3) is 0.273. The first-order chi connectivity index (χ1) is 7.56. The molecular weight excluding hydrogens is 211 g/mol. The quantitative estimate of drug-likeness (QED) is 0.815. The molecule has 1 atom stereocenters. The third kappa shape index (κ3) is 2.70. The number of nitrogens with zero attached hydrogens (tertiary/aromatic N) is 1. The predicted octanol–water partition coefficient (Wildman–Crippen LogP) is 1.56. The van der Waals surface area contributed by atoms with E-state index in [1.165, 1.54) is 12.1 Å². The van der Waals surface area contributed by atoms with Crippen molar-refractivity contribution < 1.29 is 14.3 Å². The minimum Gasteiger partial charge on any atom is -0.507 e. The van der Waals surface area contributed by atoms with Gasteiger partial charge in [0.1, 0.15) is 17.1 Å². The van der Waals surface area contributed by atoms with E-state index in [1.807, 2.05) is 6.07 Å². The molecule has 2 N–H and O–H groups in total. The van der Waals surface area contributed by atoms with Gasteiger partial charge < -0.3 is 10.4 Å². The molecule has 16 heavy (non-hydrogen) atoms. The van der Waals surface area contributed by atoms with Crippen molar-refractivity contribution in [1.82, 2.24) is 5.32 Å². The number of halogens is 1. The zero-order valence-electron chi connectivity index (χ0n) is 8.70. The lowest BCUT2D eigenvalue weighted by molar-refractivity contribution is 0.0934. The number of aromatic hydroxyl groups is 1. The molecule has 84 valence electrons. The van der Waals surface area contributed by atoms with Gasteiger partial charge in [-0.05, 0) is 19.1 Å². The Morgan fingerprint density at radius 1 is 1.69 bits per heavy atom. The molecule has 0 heterocycles. The number of hydrogen-bond acceptors (Lipinski definition) is 3. The van der Waals surface area contributed by atoms with E-state index >= 15 is 0 Å². The second-order valence-corrected chi connectivity index (χ2v) is 3.37. The Bertz CT molecular complexity index is 420. The normalized spacial score (nSPS) is 11.6. The van der Waals surface area contributed by atoms with Crippen LogP contribution in [-0.4, -0.2) is 17.1 Å². The maximum atomic E-state index is 13.3. The van der Waals surface area contributed by atoms with Gasteiger partial charge in [-0.2, -0.15) is 5.26 Å². The van der Waals surface area contributed by atoms with E-state index in [0.717, 1.165) is 6.07 Å². The number of benzene rings is 1. The van der Waals surface area contributed by atoms with Gasteiger partial charge in [-0.15, -0.1) is 0 Å². The lowest BCUT2D eigenvalue weighted by atomic mass is 10.1. The summed E-state index contributed by atoms with van der Waals surface area (Å²) in [5, 5.41) is 20.2. The van der Waals surface area contributed by atoms with Gasteiger partial charge in [0.15, 0.2) is 0 Å². The van der Waals surface area contributed by atoms with Crippen LogP contribution in [0.25, 0.3) is 0 Å². The number of hydrogen-bond donors (Lipinski definition) is 2. The summed E-state index contributed by atoms with van der Waals surface area (Å²) in [6.45, 7) is 1.62. The lowest BCUT2D eigenvalue weighted by Gasteiger charge is -2.11. The van der Waals surface area contributed by atoms with Crippen molar-refractivity contribution in [2.24, 2.45) is 0 Å². The molecule has 0 aliphatic carbocycles. The standard InChI is InChI=1S/C11H11FN2O2/c1-7(5-6-13)14-11(16)10-8(12)3-2-4-9(10)15/h2-4,7,15H,5H2,1H3,(H,14,16). The Kier molecular flexibility index (Phi) is 3.84. The highest BCUT2D eigenvalue weighted by molar-refractivity contribution is 5.97. The maximum Gasteiger partial charge on any atom is 0.258 e. The molecule has 1 aromatic carbocycles. The third-order valence-electron chi connectivity index (χ3n) is 1.99. The minimum absolute atomic E-state index is 0.126. The first kappa shape index (κ1) is 12.0. The fourth-order valence-corrected chi connectivity index (χ4v) is 1.22. The molecular formula is C11H11FN2O2. The molecule has 5 heteroatoms. The summed E-state index contributed by atoms with van der Waals surface area (Å²) in [4.78, 5) is 11.6. The van der Waals surface area contributed by atoms with E-state index in [0.29, 0.717) is 0 Å². The van der Waals surface area contributed by atoms with Crippen molar-refractivity contribution in [2.45, 2.75) is 19.4 Å². The van der Waals surface area contributed by atoms with Crippen molar-refractivity contribution in [3.63, 3.8) is 0 Å². The third-order valence-corrected chi connectivity index (χ3v) is 1.99. The van der Waals surface area contributed by atoms with Gasteiger partial charge in [0.05, 0.1) is 12.5 Å². The molecule has 0 aliphatic rings. The molecule has 0 radical (unpaired) electrons. The topological polar surface area (TPSA) is 73.1 Å². The van der Waals surface area contributed by atoms with Crippen LogP contribution < -0.4 is 5.32 Å². The van der Waals surface area contributed by atoms with E-state index in [4.69, 9.17) is 5.26 Å². The summed E-state index contributed by atoms with van der Waals surface area (Å²) in [6.07, 6.45) is 0.126. The predicted molar refractivity (Wildman–Crippen MR) is 55.2 cm³/mol. The molecule has 4 nitrogen and oxygen atoms in total. The Labute approximate surface area is 92.3 Å². The molecule has 1 unspecified atom stereocenters. The number of nitriles is 1. The number of rotatable bonds is 3. The Morgan fingerprint density at radius 3 is 2.94 bits per heavy atom. The van der Waals surface area contributed by atoms with Crippen LogP contribution >= 0.6 is 0 Å². The number of nitrogens with one attached hydrogen (secondary N) is 1. The zero-order chi connectivity index (χ0) is 12.1. The van der Waals surface area contributed by atoms with Crippen LogP contribution in [-0.2, 0) is 0 Å². The summed E-state index contributed by atoms with van der Waals surface area (Å²) < 4.78 is 13.3. The molecule has 1 amide bonds. The molecule has 0 aromatic heterocycles. The highest BCUT2D eigenvalue weighted by Gasteiger charge is 2.17. The average Bonchev–Trinajstić information content (AvgIpc) is 2.17. The van der Waals surface area contributed by atoms with E-state index in [-0.39, 0.29) is 6.42 Å². The van der Waals surface area contributed by atoms with Crippen molar-refractivity contribution in [3.8, 4) is 11.8 Å². The van der Waals surface area contributed by atoms with Gasteiger partial charge in [-0.3, -0.25) is 4.79 Å². The maximum absolute atomic E-state index is 13.3. The van der Waals surface area contributed by atoms with E-state index in [2.05, 4.69) is 5.32 Å². The fourth-order valence-electron chi connectivity index (χ4n) is 1.22. The van der Waals surface area contributed by atoms with Crippen LogP contribution in [0.3, 0.4) is 0 Å². The van der Waals surface area contributed by atoms with Crippen LogP contribution in [0.1, 0.15) is 23.7 Å². The second kappa shape index (κ2) is 5.12. The lowest BCUT2D eigenvalue weighted by Crippen LogP contribution is -2.32. The zero-order valence-corrected chi connectivity index (χ0v) is 8.70. The molecule has 0 spiro atoms. The second-order valence-electron chi connectivity index (χ2n) is 3.37. The van der Waals surface area contributed by atoms with Gasteiger partial charge in [0.25, 0.3) is 5.91 Å². The van der Waals surface area contributed by atoms with Crippen LogP contribution in [0.15, 0.2) is 18.2 Å². The molecule has 0 bridgehead atoms. The summed E-state index contributed by atoms with van der Waals surface area (Å²) in [5.41, 5.74) is -0.396. The minimum atomic E-state index is -0.790. The van der Waals surface area contributed by atoms with E-state index in [1.54, 1.807) is 6.92 Å². The van der Waals surface area contributed by atoms with Crippen molar-refractivity contribution in [1.29, 1.82) is 5.26 Å². The molecule has 0 fully saturated rings. The highest BCUT2D eigenvalue weighted by Crippen LogP contribution is 2.19. The Hall–Kier alpha value is -2.09. The van der Waals surface area contributed by atoms with Crippen LogP contribution in [0.5, 0.6) is 5.75 Å². The number of phenols is 1. The summed E-state index contributed by atoms with van der Waals surface area (Å²) in [6, 6.07) is 5.11. The van der Waals surface area contributed by atoms with Crippen LogP contribution in [0.2, 0.25) is 0 Å². The number of carbonyl (C=O) groups excluding carboxylic acids is 1. The Morgan fingerprint density at radius 2 is 2.38 bits per heavy atom. The number of phenolic OH excluding ortho intramolecular Hbond substituents is 1. The van der Waals surface area contributed by atoms with E-state index < -0.39 is 29.1 Å². The average molecular weight is 222 g/mol. The first-order valence-corrected chi connectivity index (χ1v) is 4.71. The SMILES string of the molecule is CC(CC#N)NC(=O)c1c(O)cccc1F. The molecule has 1 rings (SSSR count). The van der Waals surface area contributed by atoms with Gasteiger partial charge in [0.2, 0.25) is 0 Å². The van der Waals surface area contributed by atoms with E-state index in [9.17, 15) is 14.3 Å². The van der Waals surface area contributed by atoms with Crippen molar-refractivity contribution in [2.75, 3.05) is 0 Å². The first-order valence-electron chi connectivity index (χ1n) is 4.71. The molecule has 1 aromatic rings. The Balaban J connectivity index is 2.85. The van der Waals surface area contributed by atoms with Crippen LogP contribution in [0.4, 0.5) is 4.39 Å². The van der Waals surface area contributed by atoms with Gasteiger partial charge in [-0.1, -0.05) is 6.07 Å². The monoisotopic (exact) mass is 222 g/mol. The molecule has 0 saturated carbocycles. The van der Waals surface area contributed by atoms with Crippen molar-refractivity contribution >= 4 is 5.91 Å². The van der Waals surface area contributed by atoms with Crippen LogP contribution in [0, 0.1) is 17.1 Å². The summed E-state index contributed by atoms with van der Waals surface area (Å²) in [5.74, 6) is -1.93.